The maximum atomic E-state index is 11.6. The highest BCUT2D eigenvalue weighted by atomic mass is 79.9. The third kappa shape index (κ3) is 4.30. The number of aromatic nitrogens is 3. The first-order valence-corrected chi connectivity index (χ1v) is 6.29. The Morgan fingerprint density at radius 3 is 2.94 bits per heavy atom. The summed E-state index contributed by atoms with van der Waals surface area (Å²) in [4.78, 5) is 15.4. The fraction of sp³-hybridized carbons (Fsp3) is 0.700. The second-order valence-electron chi connectivity index (χ2n) is 3.97. The van der Waals surface area contributed by atoms with Crippen molar-refractivity contribution in [1.82, 2.24) is 20.5 Å². The van der Waals surface area contributed by atoms with Crippen LogP contribution in [0.15, 0.2) is 6.33 Å². The van der Waals surface area contributed by atoms with Crippen molar-refractivity contribution in [2.75, 3.05) is 6.54 Å². The molecule has 0 aromatic carbocycles. The fourth-order valence-electron chi connectivity index (χ4n) is 1.22. The van der Waals surface area contributed by atoms with Crippen LogP contribution in [0.3, 0.4) is 0 Å². The van der Waals surface area contributed by atoms with Gasteiger partial charge in [-0.05, 0) is 12.3 Å². The number of alkyl halides is 1. The number of carbonyl (C=O) groups is 1. The first kappa shape index (κ1) is 13.2. The largest absolute Gasteiger partial charge is 0.355 e. The number of aryl methyl sites for hydroxylation is 1. The van der Waals surface area contributed by atoms with Crippen LogP contribution in [0.5, 0.6) is 0 Å². The minimum Gasteiger partial charge on any atom is -0.355 e. The van der Waals surface area contributed by atoms with Crippen LogP contribution in [-0.2, 0) is 11.2 Å². The predicted octanol–water partition coefficient (Wildman–Crippen LogP) is 1.27. The summed E-state index contributed by atoms with van der Waals surface area (Å²) < 4.78 is 0. The number of amides is 1. The number of nitrogens with zero attached hydrogens (tertiary/aromatic N) is 2. The molecule has 1 aromatic heterocycles. The van der Waals surface area contributed by atoms with Crippen molar-refractivity contribution in [3.05, 3.63) is 12.2 Å². The Labute approximate surface area is 104 Å². The Hall–Kier alpha value is -0.910. The lowest BCUT2D eigenvalue weighted by Gasteiger charge is -2.13. The molecule has 0 aliphatic heterocycles. The molecule has 1 heterocycles. The van der Waals surface area contributed by atoms with E-state index in [9.17, 15) is 4.79 Å². The van der Waals surface area contributed by atoms with Crippen molar-refractivity contribution in [3.63, 3.8) is 0 Å². The smallest absolute Gasteiger partial charge is 0.234 e. The number of carbonyl (C=O) groups excluding carboxylic acids is 1. The zero-order chi connectivity index (χ0) is 12.0. The van der Waals surface area contributed by atoms with Gasteiger partial charge in [-0.15, -0.1) is 0 Å². The molecule has 0 aliphatic rings. The Kier molecular flexibility index (Phi) is 5.45. The Morgan fingerprint density at radius 1 is 1.62 bits per heavy atom. The molecule has 1 unspecified atom stereocenters. The Bertz CT molecular complexity index is 313. The molecule has 1 atom stereocenters. The monoisotopic (exact) mass is 288 g/mol. The molecular weight excluding hydrogens is 272 g/mol. The first-order chi connectivity index (χ1) is 7.61. The molecule has 0 saturated heterocycles. The highest BCUT2D eigenvalue weighted by molar-refractivity contribution is 9.10. The van der Waals surface area contributed by atoms with Crippen molar-refractivity contribution in [2.24, 2.45) is 5.92 Å². The highest BCUT2D eigenvalue weighted by Gasteiger charge is 2.17. The van der Waals surface area contributed by atoms with E-state index in [0.29, 0.717) is 12.5 Å². The van der Waals surface area contributed by atoms with Gasteiger partial charge in [0.05, 0.1) is 4.83 Å². The van der Waals surface area contributed by atoms with E-state index >= 15 is 0 Å². The Balaban J connectivity index is 2.13. The molecule has 0 aliphatic carbocycles. The third-order valence-electron chi connectivity index (χ3n) is 2.19. The van der Waals surface area contributed by atoms with Gasteiger partial charge in [0.2, 0.25) is 5.91 Å². The van der Waals surface area contributed by atoms with Crippen LogP contribution in [-0.4, -0.2) is 32.5 Å². The molecule has 0 spiro atoms. The number of nitrogens with one attached hydrogen (secondary N) is 2. The van der Waals surface area contributed by atoms with Crippen LogP contribution in [0.4, 0.5) is 0 Å². The molecule has 5 nitrogen and oxygen atoms in total. The van der Waals surface area contributed by atoms with Crippen LogP contribution < -0.4 is 5.32 Å². The van der Waals surface area contributed by atoms with E-state index in [1.807, 2.05) is 13.8 Å². The molecule has 0 fully saturated rings. The molecular formula is C10H17BrN4O. The molecule has 1 amide bonds. The van der Waals surface area contributed by atoms with E-state index in [0.717, 1.165) is 18.7 Å². The molecule has 90 valence electrons. The number of rotatable bonds is 6. The van der Waals surface area contributed by atoms with Gasteiger partial charge in [0.25, 0.3) is 0 Å². The van der Waals surface area contributed by atoms with Gasteiger partial charge in [-0.3, -0.25) is 9.89 Å². The molecule has 6 heteroatoms. The second-order valence-corrected chi connectivity index (χ2v) is 4.96. The van der Waals surface area contributed by atoms with Gasteiger partial charge in [0, 0.05) is 13.0 Å². The summed E-state index contributed by atoms with van der Waals surface area (Å²) in [5, 5.41) is 9.42. The first-order valence-electron chi connectivity index (χ1n) is 5.37. The number of hydrogen-bond donors (Lipinski definition) is 2. The summed E-state index contributed by atoms with van der Waals surface area (Å²) in [6.45, 7) is 4.68. The van der Waals surface area contributed by atoms with E-state index in [-0.39, 0.29) is 10.7 Å². The minimum absolute atomic E-state index is 0.0487. The summed E-state index contributed by atoms with van der Waals surface area (Å²) in [7, 11) is 0. The predicted molar refractivity (Wildman–Crippen MR) is 65.3 cm³/mol. The lowest BCUT2D eigenvalue weighted by atomic mass is 10.1. The van der Waals surface area contributed by atoms with Gasteiger partial charge in [0.1, 0.15) is 12.2 Å². The van der Waals surface area contributed by atoms with Crippen molar-refractivity contribution in [3.8, 4) is 0 Å². The van der Waals surface area contributed by atoms with Crippen LogP contribution >= 0.6 is 15.9 Å². The molecule has 1 rings (SSSR count). The van der Waals surface area contributed by atoms with Crippen LogP contribution in [0, 0.1) is 5.92 Å². The average molecular weight is 289 g/mol. The van der Waals surface area contributed by atoms with Crippen LogP contribution in [0.1, 0.15) is 26.1 Å². The summed E-state index contributed by atoms with van der Waals surface area (Å²) in [6.07, 6.45) is 3.15. The van der Waals surface area contributed by atoms with E-state index in [2.05, 4.69) is 36.4 Å². The van der Waals surface area contributed by atoms with Crippen molar-refractivity contribution in [2.45, 2.75) is 31.5 Å². The molecule has 0 saturated carbocycles. The number of H-pyrrole nitrogens is 1. The second kappa shape index (κ2) is 6.62. The molecule has 0 bridgehead atoms. The minimum atomic E-state index is -0.113. The number of hydrogen-bond acceptors (Lipinski definition) is 3. The quantitative estimate of drug-likeness (QED) is 0.612. The average Bonchev–Trinajstić information content (AvgIpc) is 2.75. The van der Waals surface area contributed by atoms with Gasteiger partial charge in [-0.2, -0.15) is 5.10 Å². The molecule has 1 aromatic rings. The fourth-order valence-corrected chi connectivity index (χ4v) is 1.38. The summed E-state index contributed by atoms with van der Waals surface area (Å²) >= 11 is 3.36. The standard InChI is InChI=1S/C10H17BrN4O/c1-7(2)9(11)10(16)12-5-3-4-8-13-6-14-15-8/h6-7,9H,3-5H2,1-2H3,(H,12,16)(H,13,14,15). The SMILES string of the molecule is CC(C)C(Br)C(=O)NCCCc1ncn[nH]1. The topological polar surface area (TPSA) is 70.7 Å². The van der Waals surface area contributed by atoms with Crippen LogP contribution in [0.2, 0.25) is 0 Å². The van der Waals surface area contributed by atoms with Crippen molar-refractivity contribution < 1.29 is 4.79 Å². The lowest BCUT2D eigenvalue weighted by Crippen LogP contribution is -2.34. The van der Waals surface area contributed by atoms with Gasteiger partial charge in [-0.1, -0.05) is 29.8 Å². The van der Waals surface area contributed by atoms with Gasteiger partial charge in [-0.25, -0.2) is 4.98 Å². The van der Waals surface area contributed by atoms with E-state index in [1.165, 1.54) is 6.33 Å². The highest BCUT2D eigenvalue weighted by Crippen LogP contribution is 2.11. The summed E-state index contributed by atoms with van der Waals surface area (Å²) in [6, 6.07) is 0. The summed E-state index contributed by atoms with van der Waals surface area (Å²) in [5.74, 6) is 1.20. The summed E-state index contributed by atoms with van der Waals surface area (Å²) in [5.41, 5.74) is 0. The van der Waals surface area contributed by atoms with Crippen molar-refractivity contribution in [1.29, 1.82) is 0 Å². The molecule has 2 N–H and O–H groups in total. The lowest BCUT2D eigenvalue weighted by molar-refractivity contribution is -0.121. The molecule has 0 radical (unpaired) electrons. The van der Waals surface area contributed by atoms with Crippen molar-refractivity contribution >= 4 is 21.8 Å². The van der Waals surface area contributed by atoms with Gasteiger partial charge < -0.3 is 5.32 Å². The van der Waals surface area contributed by atoms with Crippen LogP contribution in [0.25, 0.3) is 0 Å². The zero-order valence-corrected chi connectivity index (χ0v) is 11.1. The maximum absolute atomic E-state index is 11.6. The normalized spacial score (nSPS) is 12.8. The van der Waals surface area contributed by atoms with E-state index in [4.69, 9.17) is 0 Å². The zero-order valence-electron chi connectivity index (χ0n) is 9.53. The van der Waals surface area contributed by atoms with E-state index in [1.54, 1.807) is 0 Å². The van der Waals surface area contributed by atoms with Gasteiger partial charge >= 0.3 is 0 Å². The molecule has 16 heavy (non-hydrogen) atoms. The number of halogens is 1. The van der Waals surface area contributed by atoms with Gasteiger partial charge in [0.15, 0.2) is 0 Å². The Morgan fingerprint density at radius 2 is 2.38 bits per heavy atom. The third-order valence-corrected chi connectivity index (χ3v) is 3.66. The maximum Gasteiger partial charge on any atom is 0.234 e. The number of aromatic amines is 1. The van der Waals surface area contributed by atoms with E-state index < -0.39 is 0 Å².